The van der Waals surface area contributed by atoms with Gasteiger partial charge in [0, 0.05) is 31.6 Å². The molecule has 0 rings (SSSR count). The molecule has 0 aromatic rings. The van der Waals surface area contributed by atoms with Crippen molar-refractivity contribution in [2.24, 2.45) is 0 Å². The second kappa shape index (κ2) is 3.46. The largest absolute Gasteiger partial charge is 0.300 e. The Kier molecular flexibility index (Phi) is 3.17. The van der Waals surface area contributed by atoms with E-state index in [4.69, 9.17) is 0 Å². The molecule has 0 radical (unpaired) electrons. The molecule has 0 unspecified atom stereocenters. The summed E-state index contributed by atoms with van der Waals surface area (Å²) in [6.07, 6.45) is 0.601. The van der Waals surface area contributed by atoms with Gasteiger partial charge in [0.1, 0.15) is 5.78 Å². The average Bonchev–Trinajstić information content (AvgIpc) is 1.84. The number of rotatable bonds is 4. The van der Waals surface area contributed by atoms with Crippen LogP contribution in [0.25, 0.3) is 0 Å². The van der Waals surface area contributed by atoms with Crippen molar-refractivity contribution in [3.8, 4) is 0 Å². The summed E-state index contributed by atoms with van der Waals surface area (Å²) in [7, 11) is 0. The monoisotopic (exact) mass is 160 g/mol. The van der Waals surface area contributed by atoms with Gasteiger partial charge in [0.05, 0.1) is 0 Å². The van der Waals surface area contributed by atoms with Gasteiger partial charge in [-0.1, -0.05) is 0 Å². The number of ketones is 1. The van der Waals surface area contributed by atoms with Gasteiger partial charge in [-0.25, -0.2) is 0 Å². The van der Waals surface area contributed by atoms with Crippen LogP contribution in [-0.2, 0) is 4.79 Å². The van der Waals surface area contributed by atoms with E-state index < -0.39 is 5.54 Å². The van der Waals surface area contributed by atoms with E-state index in [0.29, 0.717) is 6.42 Å². The van der Waals surface area contributed by atoms with Crippen molar-refractivity contribution in [2.45, 2.75) is 39.2 Å². The number of hydrogen-bond acceptors (Lipinski definition) is 3. The maximum atomic E-state index is 10.5. The third kappa shape index (κ3) is 3.70. The molecule has 0 amide bonds. The molecule has 0 aromatic heterocycles. The second-order valence-electron chi connectivity index (χ2n) is 3.27. The Labute approximate surface area is 65.7 Å². The Bertz CT molecular complexity index is 175. The number of nitro groups is 1. The van der Waals surface area contributed by atoms with E-state index in [9.17, 15) is 14.9 Å². The first-order valence-corrected chi connectivity index (χ1v) is 3.50. The molecule has 0 aliphatic rings. The number of Topliss-reactive ketones (excluding diaryl/α,β-unsaturated/α-hetero) is 1. The van der Waals surface area contributed by atoms with Gasteiger partial charge in [-0.05, 0) is 6.92 Å². The Morgan fingerprint density at radius 2 is 2.00 bits per heavy atom. The van der Waals surface area contributed by atoms with Crippen LogP contribution >= 0.6 is 0 Å². The Balaban J connectivity index is 3.92. The maximum absolute atomic E-state index is 10.5. The lowest BCUT2D eigenvalue weighted by molar-refractivity contribution is -0.561. The van der Waals surface area contributed by atoms with Crippen molar-refractivity contribution in [1.82, 2.24) is 0 Å². The quantitative estimate of drug-likeness (QED) is 0.355. The standard InChI is InChI=1S/C7H13NO3/c1-6(9)4-5-7(2,3)8(10)11/h4-5H2,1-3H3/i6+1. The van der Waals surface area contributed by atoms with E-state index in [1.807, 2.05) is 0 Å². The lowest BCUT2D eigenvalue weighted by Crippen LogP contribution is -2.31. The van der Waals surface area contributed by atoms with E-state index >= 15 is 0 Å². The fourth-order valence-corrected chi connectivity index (χ4v) is 0.573. The van der Waals surface area contributed by atoms with Crippen LogP contribution in [0.2, 0.25) is 0 Å². The van der Waals surface area contributed by atoms with Crippen molar-refractivity contribution in [1.29, 1.82) is 0 Å². The number of carbonyl (C=O) groups excluding carboxylic acids is 1. The molecule has 0 saturated heterocycles. The molecule has 4 heteroatoms. The van der Waals surface area contributed by atoms with Gasteiger partial charge in [-0.2, -0.15) is 0 Å². The minimum absolute atomic E-state index is 0.0000694. The summed E-state index contributed by atoms with van der Waals surface area (Å²) in [5.74, 6) is -0.0000694. The van der Waals surface area contributed by atoms with Crippen molar-refractivity contribution in [2.75, 3.05) is 0 Å². The molecule has 0 aliphatic heterocycles. The Morgan fingerprint density at radius 1 is 1.55 bits per heavy atom. The summed E-state index contributed by atoms with van der Waals surface area (Å²) in [5.41, 5.74) is -0.967. The minimum Gasteiger partial charge on any atom is -0.300 e. The van der Waals surface area contributed by atoms with Gasteiger partial charge in [0.25, 0.3) is 0 Å². The van der Waals surface area contributed by atoms with Crippen LogP contribution in [0, 0.1) is 10.1 Å². The first kappa shape index (κ1) is 10.1. The zero-order chi connectivity index (χ0) is 9.07. The van der Waals surface area contributed by atoms with E-state index in [2.05, 4.69) is 0 Å². The van der Waals surface area contributed by atoms with E-state index in [0.717, 1.165) is 0 Å². The van der Waals surface area contributed by atoms with E-state index in [-0.39, 0.29) is 17.1 Å². The smallest absolute Gasteiger partial charge is 0.217 e. The highest BCUT2D eigenvalue weighted by molar-refractivity contribution is 5.75. The predicted octanol–water partition coefficient (Wildman–Crippen LogP) is 1.41. The highest BCUT2D eigenvalue weighted by atomic mass is 16.6. The van der Waals surface area contributed by atoms with Crippen LogP contribution in [0.3, 0.4) is 0 Å². The molecule has 0 N–H and O–H groups in total. The minimum atomic E-state index is -0.967. The summed E-state index contributed by atoms with van der Waals surface area (Å²) in [6.45, 7) is 4.49. The maximum Gasteiger partial charge on any atom is 0.217 e. The highest BCUT2D eigenvalue weighted by Gasteiger charge is 2.30. The number of carbonyl (C=O) groups is 1. The highest BCUT2D eigenvalue weighted by Crippen LogP contribution is 2.15. The molecular weight excluding hydrogens is 147 g/mol. The average molecular weight is 160 g/mol. The molecule has 11 heavy (non-hydrogen) atoms. The van der Waals surface area contributed by atoms with Crippen LogP contribution in [0.1, 0.15) is 33.6 Å². The molecule has 0 saturated carbocycles. The van der Waals surface area contributed by atoms with Gasteiger partial charge in [0.15, 0.2) is 0 Å². The van der Waals surface area contributed by atoms with Crippen LogP contribution < -0.4 is 0 Å². The molecule has 0 atom stereocenters. The fraction of sp³-hybridized carbons (Fsp3) is 0.857. The number of nitrogens with zero attached hydrogens (tertiary/aromatic N) is 1. The predicted molar refractivity (Wildman–Crippen MR) is 41.0 cm³/mol. The Morgan fingerprint density at radius 3 is 2.27 bits per heavy atom. The summed E-state index contributed by atoms with van der Waals surface area (Å²) >= 11 is 0. The summed E-state index contributed by atoms with van der Waals surface area (Å²) in [4.78, 5) is 20.5. The van der Waals surface area contributed by atoms with Crippen molar-refractivity contribution in [3.63, 3.8) is 0 Å². The van der Waals surface area contributed by atoms with Gasteiger partial charge < -0.3 is 4.79 Å². The third-order valence-electron chi connectivity index (χ3n) is 1.58. The van der Waals surface area contributed by atoms with Gasteiger partial charge in [0.2, 0.25) is 5.54 Å². The van der Waals surface area contributed by atoms with E-state index in [1.54, 1.807) is 0 Å². The van der Waals surface area contributed by atoms with Crippen LogP contribution in [-0.4, -0.2) is 16.2 Å². The molecule has 0 aliphatic carbocycles. The summed E-state index contributed by atoms with van der Waals surface area (Å²) in [6, 6.07) is 0. The van der Waals surface area contributed by atoms with Crippen molar-refractivity contribution >= 4 is 5.78 Å². The lowest BCUT2D eigenvalue weighted by Gasteiger charge is -2.13. The zero-order valence-electron chi connectivity index (χ0n) is 7.09. The summed E-state index contributed by atoms with van der Waals surface area (Å²) in [5, 5.41) is 10.3. The SMILES string of the molecule is C[13C](=O)CCC(C)(C)[N+](=O)[O-]. The molecule has 0 spiro atoms. The molecule has 0 bridgehead atoms. The number of hydrogen-bond donors (Lipinski definition) is 0. The second-order valence-corrected chi connectivity index (χ2v) is 3.27. The van der Waals surface area contributed by atoms with Gasteiger partial charge >= 0.3 is 0 Å². The van der Waals surface area contributed by atoms with Crippen molar-refractivity contribution in [3.05, 3.63) is 10.1 Å². The first-order valence-electron chi connectivity index (χ1n) is 3.50. The Hall–Kier alpha value is -0.930. The normalized spacial score (nSPS) is 11.2. The molecule has 0 fully saturated rings. The zero-order valence-corrected chi connectivity index (χ0v) is 7.09. The molecule has 64 valence electrons. The van der Waals surface area contributed by atoms with Crippen LogP contribution in [0.15, 0.2) is 0 Å². The molecule has 4 nitrogen and oxygen atoms in total. The van der Waals surface area contributed by atoms with E-state index in [1.165, 1.54) is 20.8 Å². The van der Waals surface area contributed by atoms with Gasteiger partial charge in [-0.3, -0.25) is 10.1 Å². The third-order valence-corrected chi connectivity index (χ3v) is 1.58. The van der Waals surface area contributed by atoms with Crippen LogP contribution in [0.5, 0.6) is 0 Å². The topological polar surface area (TPSA) is 60.2 Å². The summed E-state index contributed by atoms with van der Waals surface area (Å²) < 4.78 is 0. The molecule has 0 aromatic carbocycles. The van der Waals surface area contributed by atoms with Crippen LogP contribution in [0.4, 0.5) is 0 Å². The van der Waals surface area contributed by atoms with Crippen molar-refractivity contribution < 1.29 is 9.72 Å². The lowest BCUT2D eigenvalue weighted by atomic mass is 10.0. The molecular formula is C7H13NO3. The van der Waals surface area contributed by atoms with Gasteiger partial charge in [-0.15, -0.1) is 0 Å². The molecule has 0 heterocycles. The fourth-order valence-electron chi connectivity index (χ4n) is 0.573. The first-order chi connectivity index (χ1) is 4.86.